The fourth-order valence-electron chi connectivity index (χ4n) is 1.84. The molecular weight excluding hydrogens is 373 g/mol. The highest BCUT2D eigenvalue weighted by molar-refractivity contribution is 8.26. The molecule has 122 valence electrons. The Balaban J connectivity index is 1.78. The van der Waals surface area contributed by atoms with E-state index in [1.165, 1.54) is 16.7 Å². The van der Waals surface area contributed by atoms with E-state index in [0.717, 1.165) is 11.8 Å². The van der Waals surface area contributed by atoms with Crippen molar-refractivity contribution in [2.24, 2.45) is 0 Å². The van der Waals surface area contributed by atoms with Gasteiger partial charge in [0.05, 0.1) is 11.1 Å². The average molecular weight is 382 g/mol. The van der Waals surface area contributed by atoms with Crippen LogP contribution in [0.5, 0.6) is 11.6 Å². The van der Waals surface area contributed by atoms with Crippen LogP contribution >= 0.6 is 35.6 Å². The van der Waals surface area contributed by atoms with Gasteiger partial charge < -0.3 is 4.74 Å². The monoisotopic (exact) mass is 381 g/mol. The molecule has 9 heteroatoms. The minimum Gasteiger partial charge on any atom is -0.436 e. The molecule has 2 heterocycles. The number of carbonyl (C=O) groups excluding carboxylic acids is 1. The van der Waals surface area contributed by atoms with Gasteiger partial charge in [-0.2, -0.15) is 9.37 Å². The highest BCUT2D eigenvalue weighted by atomic mass is 35.5. The van der Waals surface area contributed by atoms with E-state index in [2.05, 4.69) is 9.97 Å². The number of hydrogen-bond donors (Lipinski definition) is 0. The molecule has 2 aromatic rings. The second-order valence-electron chi connectivity index (χ2n) is 4.70. The van der Waals surface area contributed by atoms with Gasteiger partial charge >= 0.3 is 0 Å². The molecule has 1 aromatic heterocycles. The Hall–Kier alpha value is -2.03. The summed E-state index contributed by atoms with van der Waals surface area (Å²) in [5.74, 6) is -0.725. The minimum absolute atomic E-state index is 0.107. The number of rotatable bonds is 3. The number of benzene rings is 1. The third kappa shape index (κ3) is 3.55. The Morgan fingerprint density at radius 2 is 2.08 bits per heavy atom. The lowest BCUT2D eigenvalue weighted by atomic mass is 10.2. The molecule has 1 saturated heterocycles. The SMILES string of the molecule is CN1C(=O)/C(=C\c2ccc(Oc3nc(Cl)ncc3F)cc2)SC1=S. The van der Waals surface area contributed by atoms with Gasteiger partial charge in [0.15, 0.2) is 0 Å². The summed E-state index contributed by atoms with van der Waals surface area (Å²) in [5, 5.41) is -0.107. The van der Waals surface area contributed by atoms with E-state index in [1.54, 1.807) is 37.4 Å². The van der Waals surface area contributed by atoms with Crippen LogP contribution in [-0.4, -0.2) is 32.1 Å². The second-order valence-corrected chi connectivity index (χ2v) is 6.72. The fourth-order valence-corrected chi connectivity index (χ4v) is 3.15. The summed E-state index contributed by atoms with van der Waals surface area (Å²) in [4.78, 5) is 21.1. The molecule has 3 rings (SSSR count). The van der Waals surface area contributed by atoms with Crippen molar-refractivity contribution >= 4 is 51.9 Å². The summed E-state index contributed by atoms with van der Waals surface area (Å²) in [6, 6.07) is 6.73. The van der Waals surface area contributed by atoms with Crippen LogP contribution < -0.4 is 4.74 Å². The summed E-state index contributed by atoms with van der Waals surface area (Å²) in [6.45, 7) is 0. The van der Waals surface area contributed by atoms with Crippen molar-refractivity contribution in [3.8, 4) is 11.6 Å². The van der Waals surface area contributed by atoms with Gasteiger partial charge in [0.1, 0.15) is 10.1 Å². The first-order chi connectivity index (χ1) is 11.4. The van der Waals surface area contributed by atoms with E-state index < -0.39 is 5.82 Å². The maximum atomic E-state index is 13.5. The molecule has 0 spiro atoms. The topological polar surface area (TPSA) is 55.3 Å². The number of carbonyl (C=O) groups is 1. The van der Waals surface area contributed by atoms with Crippen molar-refractivity contribution < 1.29 is 13.9 Å². The van der Waals surface area contributed by atoms with Crippen molar-refractivity contribution in [2.45, 2.75) is 0 Å². The van der Waals surface area contributed by atoms with E-state index in [0.29, 0.717) is 15.0 Å². The van der Waals surface area contributed by atoms with Crippen LogP contribution in [0.1, 0.15) is 5.56 Å². The van der Waals surface area contributed by atoms with Crippen LogP contribution in [0.25, 0.3) is 6.08 Å². The number of halogens is 2. The highest BCUT2D eigenvalue weighted by Crippen LogP contribution is 2.31. The van der Waals surface area contributed by atoms with Crippen molar-refractivity contribution in [3.05, 3.63) is 52.0 Å². The predicted octanol–water partition coefficient (Wildman–Crippen LogP) is 3.89. The maximum Gasteiger partial charge on any atom is 0.265 e. The van der Waals surface area contributed by atoms with Crippen molar-refractivity contribution in [1.82, 2.24) is 14.9 Å². The molecule has 1 aliphatic rings. The number of ether oxygens (including phenoxy) is 1. The van der Waals surface area contributed by atoms with Gasteiger partial charge in [-0.3, -0.25) is 9.69 Å². The molecule has 0 bridgehead atoms. The number of aromatic nitrogens is 2. The Kier molecular flexibility index (Phi) is 4.79. The van der Waals surface area contributed by atoms with E-state index in [4.69, 9.17) is 28.6 Å². The van der Waals surface area contributed by atoms with E-state index in [-0.39, 0.29) is 17.1 Å². The smallest absolute Gasteiger partial charge is 0.265 e. The Morgan fingerprint density at radius 1 is 1.38 bits per heavy atom. The van der Waals surface area contributed by atoms with Gasteiger partial charge in [-0.25, -0.2) is 4.98 Å². The standard InChI is InChI=1S/C15H9ClFN3O2S2/c1-20-13(21)11(24-15(20)23)6-8-2-4-9(5-3-8)22-12-10(17)7-18-14(16)19-12/h2-7H,1H3/b11-6+. The molecule has 0 aliphatic carbocycles. The first kappa shape index (κ1) is 16.8. The van der Waals surface area contributed by atoms with Gasteiger partial charge in [-0.05, 0) is 35.4 Å². The molecule has 0 radical (unpaired) electrons. The van der Waals surface area contributed by atoms with Gasteiger partial charge in [0.25, 0.3) is 11.8 Å². The van der Waals surface area contributed by atoms with Crippen molar-refractivity contribution in [2.75, 3.05) is 7.05 Å². The number of thiocarbonyl (C=S) groups is 1. The van der Waals surface area contributed by atoms with E-state index in [1.807, 2.05) is 0 Å². The first-order valence-electron chi connectivity index (χ1n) is 6.61. The van der Waals surface area contributed by atoms with Crippen LogP contribution in [0.3, 0.4) is 0 Å². The largest absolute Gasteiger partial charge is 0.436 e. The highest BCUT2D eigenvalue weighted by Gasteiger charge is 2.28. The normalized spacial score (nSPS) is 16.1. The number of thioether (sulfide) groups is 1. The molecular formula is C15H9ClFN3O2S2. The van der Waals surface area contributed by atoms with Gasteiger partial charge in [-0.1, -0.05) is 36.1 Å². The molecule has 1 amide bonds. The lowest BCUT2D eigenvalue weighted by Gasteiger charge is -2.06. The molecule has 0 saturated carbocycles. The van der Waals surface area contributed by atoms with Gasteiger partial charge in [0.2, 0.25) is 11.1 Å². The van der Waals surface area contributed by atoms with Crippen molar-refractivity contribution in [3.63, 3.8) is 0 Å². The Morgan fingerprint density at radius 3 is 2.71 bits per heavy atom. The molecule has 5 nitrogen and oxygen atoms in total. The number of likely N-dealkylation sites (N-methyl/N-ethyl adjacent to an activating group) is 1. The predicted molar refractivity (Wildman–Crippen MR) is 94.5 cm³/mol. The number of nitrogens with zero attached hydrogens (tertiary/aromatic N) is 3. The van der Waals surface area contributed by atoms with Crippen LogP contribution in [0.2, 0.25) is 5.28 Å². The molecule has 0 atom stereocenters. The molecule has 1 aromatic carbocycles. The third-order valence-corrected chi connectivity index (χ3v) is 4.73. The van der Waals surface area contributed by atoms with Gasteiger partial charge in [-0.15, -0.1) is 0 Å². The van der Waals surface area contributed by atoms with Crippen LogP contribution in [0.4, 0.5) is 4.39 Å². The summed E-state index contributed by atoms with van der Waals surface area (Å²) in [6.07, 6.45) is 2.67. The quantitative estimate of drug-likeness (QED) is 0.456. The zero-order valence-electron chi connectivity index (χ0n) is 12.2. The zero-order chi connectivity index (χ0) is 17.3. The molecule has 0 unspecified atom stereocenters. The lowest BCUT2D eigenvalue weighted by molar-refractivity contribution is -0.121. The summed E-state index contributed by atoms with van der Waals surface area (Å²) < 4.78 is 19.4. The summed E-state index contributed by atoms with van der Waals surface area (Å²) in [5.41, 5.74) is 0.789. The fraction of sp³-hybridized carbons (Fsp3) is 0.0667. The van der Waals surface area contributed by atoms with Crippen LogP contribution in [0, 0.1) is 5.82 Å². The molecule has 0 N–H and O–H groups in total. The molecule has 1 aliphatic heterocycles. The maximum absolute atomic E-state index is 13.5. The molecule has 1 fully saturated rings. The third-order valence-electron chi connectivity index (χ3n) is 3.06. The van der Waals surface area contributed by atoms with Crippen LogP contribution in [0.15, 0.2) is 35.4 Å². The summed E-state index contributed by atoms with van der Waals surface area (Å²) in [7, 11) is 1.64. The van der Waals surface area contributed by atoms with E-state index in [9.17, 15) is 9.18 Å². The molecule has 24 heavy (non-hydrogen) atoms. The van der Waals surface area contributed by atoms with Crippen molar-refractivity contribution in [1.29, 1.82) is 0 Å². The number of amides is 1. The van der Waals surface area contributed by atoms with Gasteiger partial charge in [0, 0.05) is 7.05 Å². The first-order valence-corrected chi connectivity index (χ1v) is 8.22. The average Bonchev–Trinajstić information content (AvgIpc) is 2.80. The van der Waals surface area contributed by atoms with Crippen LogP contribution in [-0.2, 0) is 4.79 Å². The zero-order valence-corrected chi connectivity index (χ0v) is 14.6. The number of hydrogen-bond acceptors (Lipinski definition) is 6. The Labute approximate surface area is 151 Å². The Bertz CT molecular complexity index is 858. The summed E-state index contributed by atoms with van der Waals surface area (Å²) >= 11 is 11.9. The second kappa shape index (κ2) is 6.84. The minimum atomic E-state index is -0.713. The lowest BCUT2D eigenvalue weighted by Crippen LogP contribution is -2.22. The van der Waals surface area contributed by atoms with E-state index >= 15 is 0 Å².